The molecule has 0 aliphatic carbocycles. The molecule has 1 saturated heterocycles. The van der Waals surface area contributed by atoms with E-state index in [1.165, 1.54) is 24.8 Å². The van der Waals surface area contributed by atoms with Gasteiger partial charge in [-0.05, 0) is 60.7 Å². The van der Waals surface area contributed by atoms with Gasteiger partial charge in [-0.25, -0.2) is 0 Å². The quantitative estimate of drug-likeness (QED) is 0.399. The Hall–Kier alpha value is -2.85. The van der Waals surface area contributed by atoms with Gasteiger partial charge >= 0.3 is 0 Å². The number of nitrogens with zero attached hydrogens (tertiary/aromatic N) is 1. The molecule has 32 heavy (non-hydrogen) atoms. The molecular weight excluding hydrogens is 420 g/mol. The number of hydrogen-bond acceptors (Lipinski definition) is 4. The van der Waals surface area contributed by atoms with Gasteiger partial charge in [0.05, 0.1) is 24.4 Å². The average molecular weight is 451 g/mol. The second-order valence-corrected chi connectivity index (χ2v) is 8.54. The van der Waals surface area contributed by atoms with Crippen LogP contribution in [0.5, 0.6) is 11.5 Å². The number of hydrogen-bond donors (Lipinski definition) is 1. The van der Waals surface area contributed by atoms with Crippen molar-refractivity contribution in [3.05, 3.63) is 82.9 Å². The zero-order valence-electron chi connectivity index (χ0n) is 18.6. The van der Waals surface area contributed by atoms with Gasteiger partial charge in [0.25, 0.3) is 0 Å². The van der Waals surface area contributed by atoms with Crippen LogP contribution in [-0.4, -0.2) is 26.8 Å². The highest BCUT2D eigenvalue weighted by atomic mass is 35.5. The van der Waals surface area contributed by atoms with E-state index >= 15 is 0 Å². The number of ether oxygens (including phenoxy) is 2. The van der Waals surface area contributed by atoms with Crippen LogP contribution in [0.4, 0.5) is 11.4 Å². The molecule has 0 saturated carbocycles. The molecule has 168 valence electrons. The summed E-state index contributed by atoms with van der Waals surface area (Å²) < 4.78 is 11.5. The van der Waals surface area contributed by atoms with Crippen molar-refractivity contribution in [2.45, 2.75) is 32.2 Å². The molecule has 5 heteroatoms. The number of methoxy groups -OCH3 is 1. The topological polar surface area (TPSA) is 33.7 Å². The predicted octanol–water partition coefficient (Wildman–Crippen LogP) is 6.57. The fourth-order valence-corrected chi connectivity index (χ4v) is 4.38. The molecule has 1 aliphatic heterocycles. The van der Waals surface area contributed by atoms with Crippen LogP contribution in [0.1, 0.15) is 30.4 Å². The number of anilines is 2. The first-order valence-electron chi connectivity index (χ1n) is 11.3. The molecule has 0 amide bonds. The molecule has 1 N–H and O–H groups in total. The van der Waals surface area contributed by atoms with Crippen LogP contribution in [-0.2, 0) is 13.0 Å². The van der Waals surface area contributed by atoms with E-state index in [0.717, 1.165) is 53.0 Å². The van der Waals surface area contributed by atoms with Crippen molar-refractivity contribution in [2.75, 3.05) is 37.0 Å². The number of halogens is 1. The lowest BCUT2D eigenvalue weighted by molar-refractivity contribution is 0.297. The highest BCUT2D eigenvalue weighted by Crippen LogP contribution is 2.32. The van der Waals surface area contributed by atoms with Crippen molar-refractivity contribution in [3.63, 3.8) is 0 Å². The van der Waals surface area contributed by atoms with Crippen molar-refractivity contribution in [3.8, 4) is 11.5 Å². The summed E-state index contributed by atoms with van der Waals surface area (Å²) in [5.74, 6) is 1.51. The normalized spacial score (nSPS) is 13.6. The zero-order chi connectivity index (χ0) is 22.2. The molecule has 4 nitrogen and oxygen atoms in total. The number of rotatable bonds is 9. The lowest BCUT2D eigenvalue weighted by Gasteiger charge is -2.29. The number of piperidine rings is 1. The Morgan fingerprint density at radius 2 is 1.69 bits per heavy atom. The number of benzene rings is 3. The molecule has 0 bridgehead atoms. The molecule has 0 aromatic heterocycles. The third kappa shape index (κ3) is 5.89. The minimum atomic E-state index is 0.611. The van der Waals surface area contributed by atoms with Crippen LogP contribution in [0.15, 0.2) is 66.7 Å². The van der Waals surface area contributed by atoms with E-state index < -0.39 is 0 Å². The molecule has 4 rings (SSSR count). The summed E-state index contributed by atoms with van der Waals surface area (Å²) in [6, 6.07) is 22.7. The largest absolute Gasteiger partial charge is 0.493 e. The molecule has 0 radical (unpaired) electrons. The van der Waals surface area contributed by atoms with E-state index in [2.05, 4.69) is 40.5 Å². The number of nitrogens with one attached hydrogen (secondary N) is 1. The summed E-state index contributed by atoms with van der Waals surface area (Å²) in [5.41, 5.74) is 4.53. The van der Waals surface area contributed by atoms with Crippen molar-refractivity contribution >= 4 is 23.0 Å². The molecule has 1 aliphatic rings. The van der Waals surface area contributed by atoms with Crippen molar-refractivity contribution in [1.29, 1.82) is 0 Å². The first kappa shape index (κ1) is 22.3. The Kier molecular flexibility index (Phi) is 7.78. The average Bonchev–Trinajstić information content (AvgIpc) is 2.84. The molecule has 0 unspecified atom stereocenters. The van der Waals surface area contributed by atoms with Gasteiger partial charge in [-0.3, -0.25) is 0 Å². The second kappa shape index (κ2) is 11.1. The van der Waals surface area contributed by atoms with Gasteiger partial charge in [0.1, 0.15) is 0 Å². The van der Waals surface area contributed by atoms with E-state index in [1.807, 2.05) is 36.4 Å². The Morgan fingerprint density at radius 1 is 0.875 bits per heavy atom. The van der Waals surface area contributed by atoms with Gasteiger partial charge in [0.2, 0.25) is 0 Å². The summed E-state index contributed by atoms with van der Waals surface area (Å²) in [7, 11) is 1.68. The van der Waals surface area contributed by atoms with Gasteiger partial charge in [-0.1, -0.05) is 48.0 Å². The summed E-state index contributed by atoms with van der Waals surface area (Å²) in [6.07, 6.45) is 4.66. The summed E-state index contributed by atoms with van der Waals surface area (Å²) in [5, 5.41) is 4.27. The highest BCUT2D eigenvalue weighted by molar-refractivity contribution is 6.33. The predicted molar refractivity (Wildman–Crippen MR) is 133 cm³/mol. The fraction of sp³-hybridized carbons (Fsp3) is 0.333. The minimum absolute atomic E-state index is 0.611. The monoisotopic (exact) mass is 450 g/mol. The maximum atomic E-state index is 6.59. The molecule has 1 heterocycles. The fourth-order valence-electron chi connectivity index (χ4n) is 4.08. The van der Waals surface area contributed by atoms with Gasteiger partial charge in [0.15, 0.2) is 11.5 Å². The van der Waals surface area contributed by atoms with Gasteiger partial charge < -0.3 is 19.7 Å². The first-order valence-corrected chi connectivity index (χ1v) is 11.7. The summed E-state index contributed by atoms with van der Waals surface area (Å²) in [4.78, 5) is 2.39. The lowest BCUT2D eigenvalue weighted by Crippen LogP contribution is -2.29. The molecular formula is C27H31ClN2O2. The molecule has 3 aromatic carbocycles. The molecule has 0 spiro atoms. The van der Waals surface area contributed by atoms with Crippen LogP contribution in [0.25, 0.3) is 0 Å². The maximum Gasteiger partial charge on any atom is 0.161 e. The SMILES string of the molecule is COc1cc(CNc2ccc(N3CCCCC3)c(Cl)c2)ccc1OCCc1ccccc1. The van der Waals surface area contributed by atoms with Crippen LogP contribution in [0, 0.1) is 0 Å². The molecule has 1 fully saturated rings. The van der Waals surface area contributed by atoms with Gasteiger partial charge in [-0.2, -0.15) is 0 Å². The van der Waals surface area contributed by atoms with Crippen molar-refractivity contribution < 1.29 is 9.47 Å². The van der Waals surface area contributed by atoms with Gasteiger partial charge in [-0.15, -0.1) is 0 Å². The van der Waals surface area contributed by atoms with Gasteiger partial charge in [0, 0.05) is 31.7 Å². The smallest absolute Gasteiger partial charge is 0.161 e. The summed E-state index contributed by atoms with van der Waals surface area (Å²) >= 11 is 6.59. The van der Waals surface area contributed by atoms with E-state index in [0.29, 0.717) is 13.2 Å². The van der Waals surface area contributed by atoms with Crippen molar-refractivity contribution in [1.82, 2.24) is 0 Å². The van der Waals surface area contributed by atoms with E-state index in [4.69, 9.17) is 21.1 Å². The third-order valence-electron chi connectivity index (χ3n) is 5.86. The van der Waals surface area contributed by atoms with E-state index in [1.54, 1.807) is 7.11 Å². The molecule has 3 aromatic rings. The zero-order valence-corrected chi connectivity index (χ0v) is 19.4. The van der Waals surface area contributed by atoms with E-state index in [9.17, 15) is 0 Å². The summed E-state index contributed by atoms with van der Waals surface area (Å²) in [6.45, 7) is 3.47. The van der Waals surface area contributed by atoms with Crippen molar-refractivity contribution in [2.24, 2.45) is 0 Å². The van der Waals surface area contributed by atoms with Crippen LogP contribution < -0.4 is 19.7 Å². The first-order chi connectivity index (χ1) is 15.7. The van der Waals surface area contributed by atoms with Crippen LogP contribution >= 0.6 is 11.6 Å². The maximum absolute atomic E-state index is 6.59. The van der Waals surface area contributed by atoms with Crippen LogP contribution in [0.2, 0.25) is 5.02 Å². The Balaban J connectivity index is 1.33. The Labute approximate surface area is 196 Å². The lowest BCUT2D eigenvalue weighted by atomic mass is 10.1. The Morgan fingerprint density at radius 3 is 2.44 bits per heavy atom. The van der Waals surface area contributed by atoms with E-state index in [-0.39, 0.29) is 0 Å². The standard InChI is InChI=1S/C27H31ClN2O2/c1-31-27-18-22(10-13-26(27)32-17-14-21-8-4-2-5-9-21)20-29-23-11-12-25(24(28)19-23)30-15-6-3-7-16-30/h2,4-5,8-13,18-19,29H,3,6-7,14-17,20H2,1H3. The highest BCUT2D eigenvalue weighted by Gasteiger charge is 2.14. The van der Waals surface area contributed by atoms with Crippen LogP contribution in [0.3, 0.4) is 0 Å². The minimum Gasteiger partial charge on any atom is -0.493 e. The Bertz CT molecular complexity index is 1000. The second-order valence-electron chi connectivity index (χ2n) is 8.14. The third-order valence-corrected chi connectivity index (χ3v) is 6.16. The molecule has 0 atom stereocenters.